The molecule has 0 aromatic rings. The number of nitrogens with zero attached hydrogens (tertiary/aromatic N) is 1. The van der Waals surface area contributed by atoms with Crippen LogP contribution in [0.25, 0.3) is 0 Å². The van der Waals surface area contributed by atoms with Gasteiger partial charge in [0.2, 0.25) is 0 Å². The summed E-state index contributed by atoms with van der Waals surface area (Å²) < 4.78 is 10.2. The lowest BCUT2D eigenvalue weighted by Gasteiger charge is -2.36. The maximum Gasteiger partial charge on any atom is 0.356 e. The Labute approximate surface area is 101 Å². The van der Waals surface area contributed by atoms with Crippen molar-refractivity contribution in [2.45, 2.75) is 32.8 Å². The van der Waals surface area contributed by atoms with Crippen molar-refractivity contribution in [3.05, 3.63) is 0 Å². The molecule has 2 unspecified atom stereocenters. The fourth-order valence-corrected chi connectivity index (χ4v) is 2.47. The second kappa shape index (κ2) is 3.98. The van der Waals surface area contributed by atoms with Crippen LogP contribution in [-0.2, 0) is 19.1 Å². The van der Waals surface area contributed by atoms with Crippen LogP contribution in [0.5, 0.6) is 0 Å². The molecule has 0 bridgehead atoms. The van der Waals surface area contributed by atoms with Gasteiger partial charge < -0.3 is 14.3 Å². The van der Waals surface area contributed by atoms with Gasteiger partial charge in [0, 0.05) is 12.0 Å². The van der Waals surface area contributed by atoms with Crippen LogP contribution in [0.2, 0.25) is 0 Å². The van der Waals surface area contributed by atoms with E-state index < -0.39 is 11.6 Å². The summed E-state index contributed by atoms with van der Waals surface area (Å²) in [5.41, 5.74) is -0.251. The van der Waals surface area contributed by atoms with Crippen molar-refractivity contribution >= 4 is 11.7 Å². The van der Waals surface area contributed by atoms with Crippen LogP contribution in [0, 0.1) is 11.3 Å². The number of oxime groups is 1. The zero-order valence-electron chi connectivity index (χ0n) is 10.8. The van der Waals surface area contributed by atoms with Gasteiger partial charge in [-0.1, -0.05) is 25.9 Å². The number of esters is 1. The van der Waals surface area contributed by atoms with Crippen molar-refractivity contribution in [3.63, 3.8) is 0 Å². The average Bonchev–Trinajstić information content (AvgIpc) is 2.68. The van der Waals surface area contributed by atoms with Gasteiger partial charge in [-0.25, -0.2) is 4.79 Å². The summed E-state index contributed by atoms with van der Waals surface area (Å²) in [6, 6.07) is 0. The molecule has 0 amide bonds. The first-order valence-corrected chi connectivity index (χ1v) is 5.84. The van der Waals surface area contributed by atoms with E-state index in [4.69, 9.17) is 14.3 Å². The van der Waals surface area contributed by atoms with E-state index in [9.17, 15) is 4.79 Å². The summed E-state index contributed by atoms with van der Waals surface area (Å²) in [6.45, 7) is 7.04. The Morgan fingerprint density at radius 3 is 2.82 bits per heavy atom. The van der Waals surface area contributed by atoms with Gasteiger partial charge in [0.15, 0.2) is 0 Å². The lowest BCUT2D eigenvalue weighted by molar-refractivity contribution is -0.187. The standard InChI is InChI=1S/C12H19NO4/c1-11(2,3)9-8-5-6-16-7-12(8,17-13-9)10(14)15-4/h8H,5-7H2,1-4H3. The minimum Gasteiger partial charge on any atom is -0.466 e. The molecule has 2 aliphatic heterocycles. The Bertz CT molecular complexity index is 358. The van der Waals surface area contributed by atoms with Crippen molar-refractivity contribution in [2.75, 3.05) is 20.3 Å². The molecule has 2 aliphatic rings. The molecule has 2 rings (SSSR count). The minimum atomic E-state index is -1.06. The largest absolute Gasteiger partial charge is 0.466 e. The number of fused-ring (bicyclic) bond motifs is 1. The Morgan fingerprint density at radius 1 is 1.53 bits per heavy atom. The van der Waals surface area contributed by atoms with Crippen LogP contribution >= 0.6 is 0 Å². The molecule has 1 saturated heterocycles. The van der Waals surface area contributed by atoms with Crippen molar-refractivity contribution in [1.82, 2.24) is 0 Å². The zero-order chi connectivity index (χ0) is 12.7. The molecule has 2 atom stereocenters. The number of ether oxygens (including phenoxy) is 2. The number of hydrogen-bond acceptors (Lipinski definition) is 5. The SMILES string of the molecule is COC(=O)C12COCCC1C(C(C)(C)C)=NO2. The second-order valence-electron chi connectivity index (χ2n) is 5.59. The van der Waals surface area contributed by atoms with Crippen molar-refractivity contribution in [3.8, 4) is 0 Å². The monoisotopic (exact) mass is 241 g/mol. The molecule has 0 aromatic carbocycles. The van der Waals surface area contributed by atoms with E-state index in [1.165, 1.54) is 7.11 Å². The topological polar surface area (TPSA) is 57.1 Å². The Balaban J connectivity index is 2.33. The fourth-order valence-electron chi connectivity index (χ4n) is 2.47. The van der Waals surface area contributed by atoms with Crippen LogP contribution in [0.15, 0.2) is 5.16 Å². The van der Waals surface area contributed by atoms with E-state index in [-0.39, 0.29) is 17.9 Å². The van der Waals surface area contributed by atoms with Gasteiger partial charge in [0.25, 0.3) is 5.60 Å². The van der Waals surface area contributed by atoms with E-state index >= 15 is 0 Å². The van der Waals surface area contributed by atoms with Gasteiger partial charge in [-0.05, 0) is 6.42 Å². The number of carbonyl (C=O) groups is 1. The van der Waals surface area contributed by atoms with Crippen LogP contribution in [0.1, 0.15) is 27.2 Å². The highest BCUT2D eigenvalue weighted by Gasteiger charge is 2.59. The number of methoxy groups -OCH3 is 1. The molecular formula is C12H19NO4. The van der Waals surface area contributed by atoms with Gasteiger partial charge in [-0.3, -0.25) is 0 Å². The number of hydrogen-bond donors (Lipinski definition) is 0. The van der Waals surface area contributed by atoms with E-state index in [0.29, 0.717) is 6.61 Å². The van der Waals surface area contributed by atoms with Gasteiger partial charge >= 0.3 is 5.97 Å². The van der Waals surface area contributed by atoms with Crippen LogP contribution in [-0.4, -0.2) is 37.6 Å². The van der Waals surface area contributed by atoms with Gasteiger partial charge in [0.05, 0.1) is 18.7 Å². The molecule has 0 aromatic heterocycles. The summed E-state index contributed by atoms with van der Waals surface area (Å²) in [6.07, 6.45) is 0.741. The summed E-state index contributed by atoms with van der Waals surface area (Å²) in [5.74, 6) is -0.436. The molecule has 0 radical (unpaired) electrons. The summed E-state index contributed by atoms with van der Waals surface area (Å²) in [7, 11) is 1.36. The van der Waals surface area contributed by atoms with Gasteiger partial charge in [-0.2, -0.15) is 0 Å². The molecule has 96 valence electrons. The molecule has 0 N–H and O–H groups in total. The third-order valence-corrected chi connectivity index (χ3v) is 3.37. The molecule has 2 heterocycles. The van der Waals surface area contributed by atoms with Crippen molar-refractivity contribution in [2.24, 2.45) is 16.5 Å². The predicted molar refractivity (Wildman–Crippen MR) is 61.6 cm³/mol. The number of rotatable bonds is 1. The van der Waals surface area contributed by atoms with E-state index in [1.807, 2.05) is 0 Å². The summed E-state index contributed by atoms with van der Waals surface area (Å²) in [5, 5.41) is 4.13. The summed E-state index contributed by atoms with van der Waals surface area (Å²) in [4.78, 5) is 17.4. The molecular weight excluding hydrogens is 222 g/mol. The Hall–Kier alpha value is -1.10. The highest BCUT2D eigenvalue weighted by Crippen LogP contribution is 2.42. The minimum absolute atomic E-state index is 0.0382. The lowest BCUT2D eigenvalue weighted by atomic mass is 9.73. The van der Waals surface area contributed by atoms with Crippen LogP contribution < -0.4 is 0 Å². The van der Waals surface area contributed by atoms with Gasteiger partial charge in [0.1, 0.15) is 6.61 Å². The zero-order valence-corrected chi connectivity index (χ0v) is 10.8. The van der Waals surface area contributed by atoms with Crippen molar-refractivity contribution < 1.29 is 19.1 Å². The fraction of sp³-hybridized carbons (Fsp3) is 0.833. The Kier molecular flexibility index (Phi) is 2.89. The van der Waals surface area contributed by atoms with Crippen LogP contribution in [0.3, 0.4) is 0 Å². The average molecular weight is 241 g/mol. The molecule has 5 heteroatoms. The predicted octanol–water partition coefficient (Wildman–Crippen LogP) is 1.37. The normalized spacial score (nSPS) is 32.5. The highest BCUT2D eigenvalue weighted by molar-refractivity contribution is 5.99. The molecule has 0 saturated carbocycles. The molecule has 1 fully saturated rings. The summed E-state index contributed by atoms with van der Waals surface area (Å²) >= 11 is 0. The first-order valence-electron chi connectivity index (χ1n) is 5.84. The second-order valence-corrected chi connectivity index (χ2v) is 5.59. The van der Waals surface area contributed by atoms with Gasteiger partial charge in [-0.15, -0.1) is 0 Å². The third kappa shape index (κ3) is 1.82. The lowest BCUT2D eigenvalue weighted by Crippen LogP contribution is -2.55. The molecule has 0 aliphatic carbocycles. The maximum atomic E-state index is 11.9. The molecule has 17 heavy (non-hydrogen) atoms. The van der Waals surface area contributed by atoms with Crippen molar-refractivity contribution in [1.29, 1.82) is 0 Å². The van der Waals surface area contributed by atoms with E-state index in [1.54, 1.807) is 0 Å². The van der Waals surface area contributed by atoms with E-state index in [2.05, 4.69) is 25.9 Å². The Morgan fingerprint density at radius 2 is 2.24 bits per heavy atom. The number of carbonyl (C=O) groups excluding carboxylic acids is 1. The smallest absolute Gasteiger partial charge is 0.356 e. The highest BCUT2D eigenvalue weighted by atomic mass is 16.7. The third-order valence-electron chi connectivity index (χ3n) is 3.37. The molecule has 0 spiro atoms. The van der Waals surface area contributed by atoms with Crippen LogP contribution in [0.4, 0.5) is 0 Å². The quantitative estimate of drug-likeness (QED) is 0.650. The molecule has 5 nitrogen and oxygen atoms in total. The first-order chi connectivity index (χ1) is 7.92. The van der Waals surface area contributed by atoms with E-state index in [0.717, 1.165) is 12.1 Å². The first kappa shape index (κ1) is 12.4. The maximum absolute atomic E-state index is 11.9.